The maximum absolute atomic E-state index is 16.1. The van der Waals surface area contributed by atoms with Crippen LogP contribution in [0.2, 0.25) is 0 Å². The quantitative estimate of drug-likeness (QED) is 0.116. The van der Waals surface area contributed by atoms with Crippen LogP contribution < -0.4 is 5.32 Å². The average Bonchev–Trinajstić information content (AvgIpc) is 3.86. The Kier molecular flexibility index (Phi) is 14.3. The highest BCUT2D eigenvalue weighted by Crippen LogP contribution is 2.42. The van der Waals surface area contributed by atoms with Crippen molar-refractivity contribution in [2.45, 2.75) is 78.9 Å². The lowest BCUT2D eigenvalue weighted by atomic mass is 9.82. The van der Waals surface area contributed by atoms with Crippen LogP contribution >= 0.6 is 0 Å². The molecule has 0 aliphatic carbocycles. The standard InChI is InChI=1S/C43H51F3N6O9/c1-26(60-27(2)53)39(56)52(22-29-21-50(23-33(29)46)41(58)61-42(3,4)5)37(43(6,7)25-59-40(57)47-17-18-51-35(54)15-16-36(51)55)38-48-34(31-19-30(44)13-14-32(31)45)24-49(38)20-28-11-9-8-10-12-28/h8-16,19,24,26,29,33,37H,17-18,20-23,25H2,1-7H3,(H,47,57). The number of hydrogen-bond acceptors (Lipinski definition) is 10. The van der Waals surface area contributed by atoms with Crippen LogP contribution in [0.15, 0.2) is 66.9 Å². The normalized spacial score (nSPS) is 17.6. The molecule has 1 saturated heterocycles. The van der Waals surface area contributed by atoms with Gasteiger partial charge in [-0.15, -0.1) is 0 Å². The number of amides is 5. The van der Waals surface area contributed by atoms with Crippen molar-refractivity contribution in [2.75, 3.05) is 39.3 Å². The molecule has 5 amide bonds. The summed E-state index contributed by atoms with van der Waals surface area (Å²) in [4.78, 5) is 85.4. The number of nitrogens with zero attached hydrogens (tertiary/aromatic N) is 5. The lowest BCUT2D eigenvalue weighted by Gasteiger charge is -2.43. The topological polar surface area (TPSA) is 170 Å². The first-order valence-electron chi connectivity index (χ1n) is 19.7. The van der Waals surface area contributed by atoms with Crippen LogP contribution in [0.3, 0.4) is 0 Å². The number of likely N-dealkylation sites (tertiary alicyclic amines) is 1. The first kappa shape index (κ1) is 45.9. The van der Waals surface area contributed by atoms with Gasteiger partial charge in [0.05, 0.1) is 18.3 Å². The molecule has 3 heterocycles. The summed E-state index contributed by atoms with van der Waals surface area (Å²) in [6.07, 6.45) is -1.06. The summed E-state index contributed by atoms with van der Waals surface area (Å²) in [6, 6.07) is 10.7. The Morgan fingerprint density at radius 2 is 1.66 bits per heavy atom. The van der Waals surface area contributed by atoms with E-state index in [2.05, 4.69) is 5.32 Å². The summed E-state index contributed by atoms with van der Waals surface area (Å²) < 4.78 is 64.4. The van der Waals surface area contributed by atoms with Gasteiger partial charge in [0.25, 0.3) is 17.7 Å². The number of carbonyl (C=O) groups is 6. The van der Waals surface area contributed by atoms with Crippen LogP contribution in [0, 0.1) is 23.0 Å². The molecule has 0 spiro atoms. The summed E-state index contributed by atoms with van der Waals surface area (Å²) in [5.74, 6) is -5.08. The molecule has 0 radical (unpaired) electrons. The highest BCUT2D eigenvalue weighted by molar-refractivity contribution is 6.12. The van der Waals surface area contributed by atoms with E-state index in [1.165, 1.54) is 22.9 Å². The van der Waals surface area contributed by atoms with E-state index in [1.807, 2.05) is 18.2 Å². The summed E-state index contributed by atoms with van der Waals surface area (Å²) in [7, 11) is 0. The summed E-state index contributed by atoms with van der Waals surface area (Å²) in [5.41, 5.74) is -1.68. The summed E-state index contributed by atoms with van der Waals surface area (Å²) >= 11 is 0. The van der Waals surface area contributed by atoms with E-state index in [0.29, 0.717) is 0 Å². The molecule has 15 nitrogen and oxygen atoms in total. The highest BCUT2D eigenvalue weighted by atomic mass is 19.1. The zero-order valence-corrected chi connectivity index (χ0v) is 35.2. The number of aromatic nitrogens is 2. The molecule has 328 valence electrons. The SMILES string of the molecule is CC(=O)OC(C)C(=O)N(CC1CN(C(=O)OC(C)(C)C)CC1F)C(c1nc(-c2cc(F)ccc2F)cn1Cc1ccccc1)C(C)(C)COC(=O)NCCN1C(=O)C=CC1=O. The number of ether oxygens (including phenoxy) is 3. The molecule has 4 atom stereocenters. The fourth-order valence-electron chi connectivity index (χ4n) is 7.18. The molecule has 3 aromatic rings. The van der Waals surface area contributed by atoms with E-state index >= 15 is 8.78 Å². The van der Waals surface area contributed by atoms with Crippen molar-refractivity contribution in [2.24, 2.45) is 11.3 Å². The van der Waals surface area contributed by atoms with Gasteiger partial charge in [0.15, 0.2) is 6.10 Å². The van der Waals surface area contributed by atoms with Crippen LogP contribution in [-0.2, 0) is 39.9 Å². The Morgan fingerprint density at radius 3 is 2.30 bits per heavy atom. The molecule has 2 aliphatic rings. The van der Waals surface area contributed by atoms with Gasteiger partial charge in [-0.1, -0.05) is 44.2 Å². The van der Waals surface area contributed by atoms with Gasteiger partial charge in [0, 0.05) is 74.9 Å². The molecule has 4 unspecified atom stereocenters. The number of hydrogen-bond donors (Lipinski definition) is 1. The Balaban J connectivity index is 1.60. The second-order valence-corrected chi connectivity index (χ2v) is 16.7. The van der Waals surface area contributed by atoms with Crippen molar-refractivity contribution < 1.29 is 56.1 Å². The Labute approximate surface area is 351 Å². The lowest BCUT2D eigenvalue weighted by molar-refractivity contribution is -0.161. The number of imidazole rings is 1. The number of carbonyl (C=O) groups excluding carboxylic acids is 6. The minimum Gasteiger partial charge on any atom is -0.453 e. The van der Waals surface area contributed by atoms with E-state index in [4.69, 9.17) is 19.2 Å². The van der Waals surface area contributed by atoms with Gasteiger partial charge in [-0.2, -0.15) is 0 Å². The largest absolute Gasteiger partial charge is 0.453 e. The second-order valence-electron chi connectivity index (χ2n) is 16.7. The van der Waals surface area contributed by atoms with E-state index in [9.17, 15) is 33.2 Å². The minimum atomic E-state index is -1.65. The van der Waals surface area contributed by atoms with Crippen molar-refractivity contribution in [3.8, 4) is 11.3 Å². The third-order valence-electron chi connectivity index (χ3n) is 10.0. The number of alkyl halides is 1. The number of alkyl carbamates (subject to hydrolysis) is 1. The van der Waals surface area contributed by atoms with Gasteiger partial charge >= 0.3 is 18.2 Å². The average molecular weight is 853 g/mol. The lowest BCUT2D eigenvalue weighted by Crippen LogP contribution is -2.51. The monoisotopic (exact) mass is 852 g/mol. The van der Waals surface area contributed by atoms with Crippen LogP contribution in [0.5, 0.6) is 0 Å². The molecule has 61 heavy (non-hydrogen) atoms. The molecule has 1 fully saturated rings. The summed E-state index contributed by atoms with van der Waals surface area (Å²) in [5, 5.41) is 2.50. The summed E-state index contributed by atoms with van der Waals surface area (Å²) in [6.45, 7) is 9.27. The van der Waals surface area contributed by atoms with Crippen molar-refractivity contribution in [1.82, 2.24) is 29.6 Å². The molecule has 2 aromatic carbocycles. The van der Waals surface area contributed by atoms with Crippen LogP contribution in [-0.4, -0.2) is 117 Å². The minimum absolute atomic E-state index is 0.0105. The van der Waals surface area contributed by atoms with Gasteiger partial charge in [0.1, 0.15) is 35.8 Å². The van der Waals surface area contributed by atoms with Gasteiger partial charge in [-0.3, -0.25) is 24.1 Å². The zero-order chi connectivity index (χ0) is 44.8. The molecular formula is C43H51F3N6O9. The van der Waals surface area contributed by atoms with Gasteiger partial charge < -0.3 is 33.9 Å². The van der Waals surface area contributed by atoms with Crippen molar-refractivity contribution in [1.29, 1.82) is 0 Å². The first-order chi connectivity index (χ1) is 28.6. The highest BCUT2D eigenvalue weighted by Gasteiger charge is 2.47. The smallest absolute Gasteiger partial charge is 0.410 e. The molecule has 0 bridgehead atoms. The third-order valence-corrected chi connectivity index (χ3v) is 10.0. The third kappa shape index (κ3) is 11.8. The number of imide groups is 1. The number of halogens is 3. The molecule has 1 aromatic heterocycles. The van der Waals surface area contributed by atoms with Crippen LogP contribution in [0.25, 0.3) is 11.3 Å². The maximum Gasteiger partial charge on any atom is 0.410 e. The zero-order valence-electron chi connectivity index (χ0n) is 35.2. The van der Waals surface area contributed by atoms with Gasteiger partial charge in [-0.05, 0) is 51.5 Å². The first-order valence-corrected chi connectivity index (χ1v) is 19.7. The van der Waals surface area contributed by atoms with Crippen LogP contribution in [0.4, 0.5) is 22.8 Å². The van der Waals surface area contributed by atoms with E-state index in [-0.39, 0.29) is 56.4 Å². The van der Waals surface area contributed by atoms with Crippen molar-refractivity contribution >= 4 is 35.9 Å². The Hall–Kier alpha value is -6.20. The maximum atomic E-state index is 16.1. The van der Waals surface area contributed by atoms with Crippen LogP contribution in [0.1, 0.15) is 65.9 Å². The fraction of sp³-hybridized carbons (Fsp3) is 0.465. The predicted molar refractivity (Wildman–Crippen MR) is 214 cm³/mol. The van der Waals surface area contributed by atoms with E-state index < -0.39 is 89.4 Å². The van der Waals surface area contributed by atoms with Gasteiger partial charge in [-0.25, -0.2) is 27.7 Å². The number of benzene rings is 2. The molecule has 0 saturated carbocycles. The molecular weight excluding hydrogens is 801 g/mol. The van der Waals surface area contributed by atoms with Crippen molar-refractivity contribution in [3.05, 3.63) is 89.9 Å². The molecule has 18 heteroatoms. The molecule has 2 aliphatic heterocycles. The Bertz CT molecular complexity index is 2140. The fourth-order valence-corrected chi connectivity index (χ4v) is 7.18. The van der Waals surface area contributed by atoms with Crippen molar-refractivity contribution in [3.63, 3.8) is 0 Å². The molecule has 5 rings (SSSR count). The Morgan fingerprint density at radius 1 is 0.984 bits per heavy atom. The number of nitrogens with one attached hydrogen (secondary N) is 1. The number of esters is 1. The molecule has 1 N–H and O–H groups in total. The second kappa shape index (κ2) is 19.0. The van der Waals surface area contributed by atoms with E-state index in [0.717, 1.165) is 47.7 Å². The van der Waals surface area contributed by atoms with Gasteiger partial charge in [0.2, 0.25) is 0 Å². The number of rotatable bonds is 15. The van der Waals surface area contributed by atoms with E-state index in [1.54, 1.807) is 51.3 Å². The predicted octanol–water partition coefficient (Wildman–Crippen LogP) is 5.58.